The molecule has 5 rings (SSSR count). The van der Waals surface area contributed by atoms with Gasteiger partial charge in [0.2, 0.25) is 12.6 Å². The van der Waals surface area contributed by atoms with Gasteiger partial charge in [-0.15, -0.1) is 11.3 Å². The molecular weight excluding hydrogens is 404 g/mol. The second kappa shape index (κ2) is 7.60. The summed E-state index contributed by atoms with van der Waals surface area (Å²) in [5, 5.41) is 8.93. The van der Waals surface area contributed by atoms with Crippen LogP contribution in [0.5, 0.6) is 11.5 Å². The number of nitrogens with zero attached hydrogens (tertiary/aromatic N) is 3. The number of nitrogens with one attached hydrogen (secondary N) is 1. The second-order valence-corrected chi connectivity index (χ2v) is 7.56. The highest BCUT2D eigenvalue weighted by Gasteiger charge is 2.19. The van der Waals surface area contributed by atoms with E-state index in [2.05, 4.69) is 20.4 Å². The van der Waals surface area contributed by atoms with Crippen LogP contribution >= 0.6 is 11.3 Å². The SMILES string of the molecule is Cc1ccc(CNC(=O)c2nc(-c3nc(-c4ccc5c(c4)OCO5)no3)cs2)cc1. The normalized spacial score (nSPS) is 12.2. The monoisotopic (exact) mass is 420 g/mol. The van der Waals surface area contributed by atoms with Gasteiger partial charge in [-0.1, -0.05) is 35.0 Å². The molecule has 8 nitrogen and oxygen atoms in total. The van der Waals surface area contributed by atoms with Crippen LogP contribution in [0.1, 0.15) is 20.9 Å². The summed E-state index contributed by atoms with van der Waals surface area (Å²) in [6, 6.07) is 13.4. The molecule has 9 heteroatoms. The molecule has 0 saturated carbocycles. The highest BCUT2D eigenvalue weighted by molar-refractivity contribution is 7.12. The van der Waals surface area contributed by atoms with Gasteiger partial charge in [0.25, 0.3) is 11.8 Å². The van der Waals surface area contributed by atoms with Gasteiger partial charge in [-0.05, 0) is 30.7 Å². The van der Waals surface area contributed by atoms with Crippen LogP contribution in [-0.4, -0.2) is 27.8 Å². The van der Waals surface area contributed by atoms with Crippen LogP contribution in [-0.2, 0) is 6.54 Å². The van der Waals surface area contributed by atoms with E-state index in [1.807, 2.05) is 37.3 Å². The molecule has 0 bridgehead atoms. The third-order valence-electron chi connectivity index (χ3n) is 4.55. The molecule has 1 aliphatic heterocycles. The Morgan fingerprint density at radius 2 is 1.93 bits per heavy atom. The molecule has 30 heavy (non-hydrogen) atoms. The van der Waals surface area contributed by atoms with Crippen molar-refractivity contribution in [1.82, 2.24) is 20.4 Å². The largest absolute Gasteiger partial charge is 0.454 e. The highest BCUT2D eigenvalue weighted by Crippen LogP contribution is 2.35. The summed E-state index contributed by atoms with van der Waals surface area (Å²) in [7, 11) is 0. The van der Waals surface area contributed by atoms with Crippen molar-refractivity contribution < 1.29 is 18.8 Å². The Bertz CT molecular complexity index is 1220. The average molecular weight is 420 g/mol. The maximum atomic E-state index is 12.4. The lowest BCUT2D eigenvalue weighted by Gasteiger charge is -2.03. The zero-order valence-electron chi connectivity index (χ0n) is 15.9. The first-order chi connectivity index (χ1) is 14.7. The standard InChI is InChI=1S/C21H16N4O4S/c1-12-2-4-13(5-3-12)9-22-19(26)21-23-15(10-30-21)20-24-18(25-29-20)14-6-7-16-17(8-14)28-11-27-16/h2-8,10H,9,11H2,1H3,(H,22,26). The van der Waals surface area contributed by atoms with Crippen LogP contribution in [0, 0.1) is 6.92 Å². The summed E-state index contributed by atoms with van der Waals surface area (Å²) in [6.07, 6.45) is 0. The number of ether oxygens (including phenoxy) is 2. The fourth-order valence-electron chi connectivity index (χ4n) is 2.92. The Labute approximate surface area is 175 Å². The number of hydrogen-bond acceptors (Lipinski definition) is 8. The molecule has 0 aliphatic carbocycles. The van der Waals surface area contributed by atoms with Crippen LogP contribution in [0.4, 0.5) is 0 Å². The van der Waals surface area contributed by atoms with Crippen LogP contribution in [0.3, 0.4) is 0 Å². The molecule has 0 atom stereocenters. The van der Waals surface area contributed by atoms with Crippen LogP contribution in [0.15, 0.2) is 52.4 Å². The first-order valence-electron chi connectivity index (χ1n) is 9.19. The Morgan fingerprint density at radius 3 is 2.80 bits per heavy atom. The van der Waals surface area contributed by atoms with Gasteiger partial charge in [0.15, 0.2) is 16.5 Å². The third-order valence-corrected chi connectivity index (χ3v) is 5.39. The molecule has 0 unspecified atom stereocenters. The second-order valence-electron chi connectivity index (χ2n) is 6.70. The smallest absolute Gasteiger partial charge is 0.280 e. The van der Waals surface area contributed by atoms with Gasteiger partial charge in [-0.3, -0.25) is 4.79 Å². The van der Waals surface area contributed by atoms with Crippen molar-refractivity contribution in [2.75, 3.05) is 6.79 Å². The van der Waals surface area contributed by atoms with Gasteiger partial charge >= 0.3 is 0 Å². The fraction of sp³-hybridized carbons (Fsp3) is 0.143. The number of fused-ring (bicyclic) bond motifs is 1. The van der Waals surface area contributed by atoms with E-state index < -0.39 is 0 Å². The molecule has 0 spiro atoms. The third kappa shape index (κ3) is 3.62. The Balaban J connectivity index is 1.28. The zero-order chi connectivity index (χ0) is 20.5. The molecule has 1 N–H and O–H groups in total. The van der Waals surface area contributed by atoms with E-state index in [9.17, 15) is 4.79 Å². The van der Waals surface area contributed by atoms with Crippen molar-refractivity contribution in [3.63, 3.8) is 0 Å². The molecule has 0 radical (unpaired) electrons. The molecule has 3 heterocycles. The van der Waals surface area contributed by atoms with Gasteiger partial charge < -0.3 is 19.3 Å². The minimum absolute atomic E-state index is 0.198. The maximum absolute atomic E-state index is 12.4. The van der Waals surface area contributed by atoms with Gasteiger partial charge in [0, 0.05) is 17.5 Å². The Kier molecular flexibility index (Phi) is 4.64. The van der Waals surface area contributed by atoms with Gasteiger partial charge in [-0.25, -0.2) is 4.98 Å². The number of hydrogen-bond donors (Lipinski definition) is 1. The Hall–Kier alpha value is -3.72. The van der Waals surface area contributed by atoms with Gasteiger partial charge in [-0.2, -0.15) is 4.98 Å². The summed E-state index contributed by atoms with van der Waals surface area (Å²) in [6.45, 7) is 2.65. The molecule has 0 fully saturated rings. The van der Waals surface area contributed by atoms with Crippen LogP contribution < -0.4 is 14.8 Å². The maximum Gasteiger partial charge on any atom is 0.280 e. The quantitative estimate of drug-likeness (QED) is 0.524. The summed E-state index contributed by atoms with van der Waals surface area (Å²) in [5.41, 5.74) is 3.39. The summed E-state index contributed by atoms with van der Waals surface area (Å²) < 4.78 is 16.0. The predicted octanol–water partition coefficient (Wildman–Crippen LogP) is 3.83. The number of aromatic nitrogens is 3. The van der Waals surface area contributed by atoms with E-state index >= 15 is 0 Å². The van der Waals surface area contributed by atoms with Crippen molar-refractivity contribution in [3.05, 3.63) is 64.0 Å². The first-order valence-corrected chi connectivity index (χ1v) is 10.1. The van der Waals surface area contributed by atoms with E-state index in [-0.39, 0.29) is 18.6 Å². The molecule has 0 saturated heterocycles. The van der Waals surface area contributed by atoms with Crippen molar-refractivity contribution >= 4 is 17.2 Å². The van der Waals surface area contributed by atoms with Crippen LogP contribution in [0.2, 0.25) is 0 Å². The van der Waals surface area contributed by atoms with E-state index in [4.69, 9.17) is 14.0 Å². The summed E-state index contributed by atoms with van der Waals surface area (Å²) in [4.78, 5) is 21.1. The summed E-state index contributed by atoms with van der Waals surface area (Å²) in [5.74, 6) is 1.73. The first kappa shape index (κ1) is 18.3. The van der Waals surface area contributed by atoms with E-state index in [1.54, 1.807) is 17.5 Å². The van der Waals surface area contributed by atoms with Crippen LogP contribution in [0.25, 0.3) is 23.0 Å². The van der Waals surface area contributed by atoms with Crippen molar-refractivity contribution in [2.24, 2.45) is 0 Å². The van der Waals surface area contributed by atoms with E-state index in [0.29, 0.717) is 34.6 Å². The summed E-state index contributed by atoms with van der Waals surface area (Å²) >= 11 is 1.22. The minimum atomic E-state index is -0.248. The molecular formula is C21H16N4O4S. The predicted molar refractivity (Wildman–Crippen MR) is 109 cm³/mol. The molecule has 1 amide bonds. The molecule has 1 aliphatic rings. The van der Waals surface area contributed by atoms with E-state index in [0.717, 1.165) is 11.1 Å². The average Bonchev–Trinajstić information content (AvgIpc) is 3.52. The van der Waals surface area contributed by atoms with Gasteiger partial charge in [0.05, 0.1) is 0 Å². The lowest BCUT2D eigenvalue weighted by molar-refractivity contribution is 0.0950. The molecule has 2 aromatic carbocycles. The topological polar surface area (TPSA) is 99.4 Å². The van der Waals surface area contributed by atoms with Crippen molar-refractivity contribution in [2.45, 2.75) is 13.5 Å². The number of thiazole rings is 1. The lowest BCUT2D eigenvalue weighted by atomic mass is 10.1. The molecule has 4 aromatic rings. The number of rotatable bonds is 5. The molecule has 2 aromatic heterocycles. The Morgan fingerprint density at radius 1 is 1.10 bits per heavy atom. The zero-order valence-corrected chi connectivity index (χ0v) is 16.7. The minimum Gasteiger partial charge on any atom is -0.454 e. The lowest BCUT2D eigenvalue weighted by Crippen LogP contribution is -2.22. The van der Waals surface area contributed by atoms with Crippen molar-refractivity contribution in [3.8, 4) is 34.5 Å². The van der Waals surface area contributed by atoms with E-state index in [1.165, 1.54) is 16.9 Å². The highest BCUT2D eigenvalue weighted by atomic mass is 32.1. The van der Waals surface area contributed by atoms with Gasteiger partial charge in [0.1, 0.15) is 5.69 Å². The number of carbonyl (C=O) groups is 1. The number of benzene rings is 2. The fourth-order valence-corrected chi connectivity index (χ4v) is 3.63. The number of amides is 1. The molecule has 150 valence electrons. The van der Waals surface area contributed by atoms with Crippen molar-refractivity contribution in [1.29, 1.82) is 0 Å². The number of carbonyl (C=O) groups excluding carboxylic acids is 1. The number of aryl methyl sites for hydroxylation is 1.